The molecule has 0 saturated carbocycles. The van der Waals surface area contributed by atoms with Crippen molar-refractivity contribution < 1.29 is 88.6 Å². The van der Waals surface area contributed by atoms with Crippen LogP contribution in [-0.2, 0) is 28.7 Å². The number of aromatic amines is 1. The minimum Gasteiger partial charge on any atom is -0.508 e. The second kappa shape index (κ2) is 26.2. The van der Waals surface area contributed by atoms with Crippen molar-refractivity contribution in [2.45, 2.75) is 112 Å². The van der Waals surface area contributed by atoms with Crippen molar-refractivity contribution >= 4 is 52.3 Å². The van der Waals surface area contributed by atoms with Crippen molar-refractivity contribution in [2.24, 2.45) is 10.7 Å². The van der Waals surface area contributed by atoms with Crippen LogP contribution in [0.15, 0.2) is 99.6 Å². The van der Waals surface area contributed by atoms with E-state index in [0.717, 1.165) is 11.1 Å². The van der Waals surface area contributed by atoms with Crippen molar-refractivity contribution in [3.8, 4) is 33.9 Å². The first-order valence-corrected chi connectivity index (χ1v) is 26.6. The summed E-state index contributed by atoms with van der Waals surface area (Å²) in [4.78, 5) is 79.2. The van der Waals surface area contributed by atoms with Crippen LogP contribution in [0.25, 0.3) is 44.3 Å². The van der Waals surface area contributed by atoms with Gasteiger partial charge in [-0.2, -0.15) is 4.73 Å². The zero-order valence-electron chi connectivity index (χ0n) is 45.2. The van der Waals surface area contributed by atoms with Crippen molar-refractivity contribution in [2.75, 3.05) is 39.5 Å². The minimum atomic E-state index is -3.54. The molecule has 83 heavy (non-hydrogen) atoms. The zero-order chi connectivity index (χ0) is 59.8. The number of aryl methyl sites for hydroxylation is 2. The van der Waals surface area contributed by atoms with E-state index in [1.807, 2.05) is 32.0 Å². The Bertz CT molecular complexity index is 3330. The van der Waals surface area contributed by atoms with Gasteiger partial charge in [0, 0.05) is 61.8 Å². The number of carbonyl (C=O) groups is 4. The van der Waals surface area contributed by atoms with Gasteiger partial charge in [0.2, 0.25) is 24.2 Å². The molecule has 0 bridgehead atoms. The fourth-order valence-corrected chi connectivity index (χ4v) is 10.6. The Balaban J connectivity index is 1.32. The number of aliphatic imine (C=N–C) groups is 1. The van der Waals surface area contributed by atoms with Crippen LogP contribution in [0.2, 0.25) is 0 Å². The van der Waals surface area contributed by atoms with E-state index in [-0.39, 0.29) is 59.9 Å². The van der Waals surface area contributed by atoms with Crippen molar-refractivity contribution in [1.82, 2.24) is 31.0 Å². The summed E-state index contributed by atoms with van der Waals surface area (Å²) in [5.41, 5.74) is -0.799. The maximum absolute atomic E-state index is 14.4. The number of fused-ring (bicyclic) bond motifs is 2. The van der Waals surface area contributed by atoms with E-state index in [0.29, 0.717) is 53.3 Å². The van der Waals surface area contributed by atoms with Gasteiger partial charge in [-0.25, -0.2) is 14.6 Å². The molecule has 2 aliphatic rings. The molecule has 6 aromatic rings. The third-order valence-corrected chi connectivity index (χ3v) is 14.7. The van der Waals surface area contributed by atoms with Gasteiger partial charge in [-0.15, -0.1) is 0 Å². The zero-order valence-corrected chi connectivity index (χ0v) is 45.2. The van der Waals surface area contributed by atoms with Gasteiger partial charge >= 0.3 is 11.9 Å². The predicted octanol–water partition coefficient (Wildman–Crippen LogP) is -1.08. The van der Waals surface area contributed by atoms with Crippen molar-refractivity contribution in [3.05, 3.63) is 107 Å². The number of aliphatic hydroxyl groups excluding tert-OH is 5. The first kappa shape index (κ1) is 61.3. The van der Waals surface area contributed by atoms with Gasteiger partial charge in [0.1, 0.15) is 60.5 Å². The number of hydrogen-bond donors (Lipinski definition) is 15. The summed E-state index contributed by atoms with van der Waals surface area (Å²) in [5.74, 6) is -4.79. The third kappa shape index (κ3) is 12.9. The summed E-state index contributed by atoms with van der Waals surface area (Å²) in [6.45, 7) is -0.390. The number of guanidine groups is 1. The minimum absolute atomic E-state index is 0.0290. The van der Waals surface area contributed by atoms with Gasteiger partial charge in [-0.3, -0.25) is 15.4 Å². The molecule has 0 amide bonds. The number of carboxylic acid groups (broad SMARTS) is 1. The first-order chi connectivity index (χ1) is 39.7. The lowest BCUT2D eigenvalue weighted by Crippen LogP contribution is -2.86. The molecule has 0 aliphatic carbocycles. The number of carboxylic acids is 1. The third-order valence-electron chi connectivity index (χ3n) is 14.7. The summed E-state index contributed by atoms with van der Waals surface area (Å²) < 4.78 is 26.2. The number of nitrogens with two attached hydrogens (primary N) is 1. The second-order valence-corrected chi connectivity index (χ2v) is 20.6. The number of benzene rings is 3. The molecule has 0 spiro atoms. The van der Waals surface area contributed by atoms with E-state index in [1.165, 1.54) is 59.7 Å². The summed E-state index contributed by atoms with van der Waals surface area (Å²) in [6, 6.07) is 12.9. The molecule has 2 fully saturated rings. The van der Waals surface area contributed by atoms with Gasteiger partial charge in [0.25, 0.3) is 0 Å². The fraction of sp³-hybridized carbons (Fsp3) is 0.429. The number of aliphatic carboxylic acids is 1. The lowest BCUT2D eigenvalue weighted by molar-refractivity contribution is -0.400. The first-order valence-electron chi connectivity index (χ1n) is 26.6. The molecule has 2 aliphatic heterocycles. The Hall–Kier alpha value is -7.80. The summed E-state index contributed by atoms with van der Waals surface area (Å²) in [6.07, 6.45) is -5.78. The van der Waals surface area contributed by atoms with Crippen LogP contribution in [0.4, 0.5) is 0 Å². The highest BCUT2D eigenvalue weighted by Gasteiger charge is 2.75. The van der Waals surface area contributed by atoms with Crippen LogP contribution in [0.5, 0.6) is 11.5 Å². The smallest absolute Gasteiger partial charge is 0.337 e. The molecule has 446 valence electrons. The number of nitrogens with zero attached hydrogens (tertiary/aromatic N) is 2. The monoisotopic (exact) mass is 1160 g/mol. The fourth-order valence-electron chi connectivity index (χ4n) is 10.6. The standard InChI is InChI=1S/C56H68N8O19/c1-30-19-31(2)21-34(20-30)46-44-33(12-15-60-44)25-64(46)83-48-51(80-38-10-11-39-41(23-38)79-27-40(47(39)73)32-6-8-37(70)9-7-32)81-52(54(77,28-68)56(48,78)42(71)5-3-17-65)55(29-69,82-50(76)45(49(74)75)59-14-4-18-66)63-53(57)62-36(26-67)24-61-35-13-16-58-43(72)22-35/h6-12,15,18-21,23,25-27,35-36,42-43,45,48,51-52,58-61,65,68-72,77-78H,3-5,13-14,16-17,22,24,28-29H2,1-2H3,(H,74,75)(H3,57,62,63). The number of hydrogen-bond acceptors (Lipinski definition) is 22. The Kier molecular flexibility index (Phi) is 19.3. The van der Waals surface area contributed by atoms with Crippen LogP contribution >= 0.6 is 0 Å². The average Bonchev–Trinajstić information content (AvgIpc) is 1.07. The molecule has 16 N–H and O–H groups in total. The second-order valence-electron chi connectivity index (χ2n) is 20.6. The summed E-state index contributed by atoms with van der Waals surface area (Å²) in [7, 11) is 0. The molecule has 3 aromatic carbocycles. The van der Waals surface area contributed by atoms with E-state index < -0.39 is 116 Å². The van der Waals surface area contributed by atoms with Crippen LogP contribution in [0.1, 0.15) is 43.2 Å². The lowest BCUT2D eigenvalue weighted by Gasteiger charge is -2.59. The number of piperidine rings is 1. The highest BCUT2D eigenvalue weighted by atomic mass is 16.8. The highest BCUT2D eigenvalue weighted by Crippen LogP contribution is 2.47. The number of aldehydes is 2. The van der Waals surface area contributed by atoms with Crippen molar-refractivity contribution in [3.63, 3.8) is 0 Å². The van der Waals surface area contributed by atoms with Crippen LogP contribution < -0.4 is 42.0 Å². The number of phenols is 1. The number of aromatic nitrogens is 2. The van der Waals surface area contributed by atoms with Gasteiger partial charge in [0.15, 0.2) is 28.7 Å². The van der Waals surface area contributed by atoms with Gasteiger partial charge < -0.3 is 100 Å². The molecule has 2 saturated heterocycles. The van der Waals surface area contributed by atoms with Crippen molar-refractivity contribution in [1.29, 1.82) is 0 Å². The van der Waals surface area contributed by atoms with Crippen LogP contribution in [0, 0.1) is 13.8 Å². The highest BCUT2D eigenvalue weighted by molar-refractivity contribution is 5.98. The molecule has 27 heteroatoms. The van der Waals surface area contributed by atoms with E-state index in [4.69, 9.17) is 29.2 Å². The van der Waals surface area contributed by atoms with Gasteiger partial charge in [0.05, 0.1) is 35.4 Å². The Morgan fingerprint density at radius 1 is 1.04 bits per heavy atom. The largest absolute Gasteiger partial charge is 0.508 e. The molecular weight excluding hydrogens is 1090 g/mol. The van der Waals surface area contributed by atoms with E-state index in [2.05, 4.69) is 31.2 Å². The number of aliphatic hydroxyl groups is 7. The number of carbonyl (C=O) groups excluding carboxylic acids is 3. The number of H-pyrrole nitrogens is 1. The number of aromatic hydroxyl groups is 1. The molecule has 11 atom stereocenters. The molecular formula is C56H68N8O19. The molecule has 27 nitrogen and oxygen atoms in total. The molecule has 0 radical (unpaired) electrons. The molecule has 8 rings (SSSR count). The quantitative estimate of drug-likeness (QED) is 0.00584. The maximum atomic E-state index is 14.4. The SMILES string of the molecule is Cc1cc(C)cc(-c2c3[nH]ccc3cn2OC2C(Oc3ccc4c(=O)c(-c5ccc(O)cc5)coc4c3)OC(C(CO)(NC(N)=NC(C=O)CNC3CCNC(O)C3)OC(=O)C(NCCC=O)C(=O)O)C(O)(CO)C2(O)C(O)CCCO)c1. The molecule has 11 unspecified atom stereocenters. The summed E-state index contributed by atoms with van der Waals surface area (Å²) in [5, 5.41) is 115. The number of phenolic OH excluding ortho intramolecular Hbond substituents is 1. The number of nitrogens with one attached hydrogen (secondary N) is 5. The van der Waals surface area contributed by atoms with Gasteiger partial charge in [-0.1, -0.05) is 29.3 Å². The lowest BCUT2D eigenvalue weighted by atomic mass is 9.66. The van der Waals surface area contributed by atoms with Crippen LogP contribution in [-0.4, -0.2) is 191 Å². The summed E-state index contributed by atoms with van der Waals surface area (Å²) >= 11 is 0. The van der Waals surface area contributed by atoms with E-state index in [9.17, 15) is 69.9 Å². The average molecular weight is 1160 g/mol. The number of esters is 1. The van der Waals surface area contributed by atoms with Crippen LogP contribution in [0.3, 0.4) is 0 Å². The molecule has 5 heterocycles. The maximum Gasteiger partial charge on any atom is 0.337 e. The Morgan fingerprint density at radius 3 is 2.45 bits per heavy atom. The van der Waals surface area contributed by atoms with E-state index in [1.54, 1.807) is 12.3 Å². The van der Waals surface area contributed by atoms with Gasteiger partial charge in [-0.05, 0) is 87.7 Å². The predicted molar refractivity (Wildman–Crippen MR) is 295 cm³/mol. The Morgan fingerprint density at radius 2 is 1.78 bits per heavy atom. The molecule has 3 aromatic heterocycles. The number of ether oxygens (including phenoxy) is 3. The normalized spacial score (nSPS) is 23.9. The van der Waals surface area contributed by atoms with E-state index >= 15 is 0 Å². The number of rotatable bonds is 26. The Labute approximate surface area is 473 Å². The topological polar surface area (TPSA) is 425 Å².